The van der Waals surface area contributed by atoms with Gasteiger partial charge in [-0.2, -0.15) is 0 Å². The molecule has 33 heavy (non-hydrogen) atoms. The zero-order chi connectivity index (χ0) is 22.9. The second-order valence-corrected chi connectivity index (χ2v) is 8.03. The highest BCUT2D eigenvalue weighted by Gasteiger charge is 2.29. The van der Waals surface area contributed by atoms with Crippen molar-refractivity contribution in [1.29, 1.82) is 0 Å². The first kappa shape index (κ1) is 20.8. The van der Waals surface area contributed by atoms with Gasteiger partial charge in [0.25, 0.3) is 0 Å². The first-order valence-electron chi connectivity index (χ1n) is 10.9. The molecular weight excluding hydrogens is 416 g/mol. The van der Waals surface area contributed by atoms with Gasteiger partial charge in [-0.25, -0.2) is 9.59 Å². The van der Waals surface area contributed by atoms with E-state index in [1.165, 1.54) is 0 Å². The molecule has 5 heteroatoms. The Bertz CT molecular complexity index is 1430. The van der Waals surface area contributed by atoms with Gasteiger partial charge < -0.3 is 14.2 Å². The van der Waals surface area contributed by atoms with Gasteiger partial charge in [-0.05, 0) is 54.8 Å². The Morgan fingerprint density at radius 1 is 0.848 bits per heavy atom. The molecule has 0 aromatic heterocycles. The maximum absolute atomic E-state index is 12.7. The fraction of sp³-hybridized carbons (Fsp3) is 0.143. The van der Waals surface area contributed by atoms with Crippen molar-refractivity contribution in [3.05, 3.63) is 93.9 Å². The number of hydrogen-bond acceptors (Lipinski definition) is 5. The summed E-state index contributed by atoms with van der Waals surface area (Å²) >= 11 is 0. The van der Waals surface area contributed by atoms with Crippen molar-refractivity contribution in [2.75, 3.05) is 6.61 Å². The van der Waals surface area contributed by atoms with Crippen LogP contribution in [0.4, 0.5) is 0 Å². The zero-order valence-electron chi connectivity index (χ0n) is 18.4. The normalized spacial score (nSPS) is 14.4. The number of aryl methyl sites for hydroxylation is 1. The summed E-state index contributed by atoms with van der Waals surface area (Å²) in [5.41, 5.74) is 3.70. The molecule has 164 valence electrons. The molecule has 0 spiro atoms. The molecule has 0 atom stereocenters. The lowest BCUT2D eigenvalue weighted by atomic mass is 10.0. The molecule has 2 heterocycles. The molecule has 0 saturated carbocycles. The topological polar surface area (TPSA) is 61.8 Å². The molecule has 5 rings (SSSR count). The van der Waals surface area contributed by atoms with Crippen molar-refractivity contribution in [3.63, 3.8) is 0 Å². The molecule has 3 aromatic rings. The van der Waals surface area contributed by atoms with E-state index in [1.807, 2.05) is 68.5 Å². The number of ether oxygens (including phenoxy) is 3. The lowest BCUT2D eigenvalue weighted by Crippen LogP contribution is -2.10. The van der Waals surface area contributed by atoms with Gasteiger partial charge in [0.15, 0.2) is 0 Å². The fourth-order valence-corrected chi connectivity index (χ4v) is 3.98. The number of fused-ring (bicyclic) bond motifs is 2. The fourth-order valence-electron chi connectivity index (χ4n) is 3.98. The summed E-state index contributed by atoms with van der Waals surface area (Å²) in [7, 11) is 0. The Kier molecular flexibility index (Phi) is 5.31. The van der Waals surface area contributed by atoms with E-state index in [0.717, 1.165) is 28.9 Å². The van der Waals surface area contributed by atoms with E-state index >= 15 is 0 Å². The van der Waals surface area contributed by atoms with Crippen LogP contribution in [0.2, 0.25) is 0 Å². The Hall–Kier alpha value is -4.12. The molecular formula is C28H22O5. The molecule has 2 aliphatic heterocycles. The van der Waals surface area contributed by atoms with Crippen LogP contribution in [0.5, 0.6) is 17.2 Å². The lowest BCUT2D eigenvalue weighted by Gasteiger charge is -2.05. The van der Waals surface area contributed by atoms with Gasteiger partial charge in [0, 0.05) is 10.4 Å². The third-order valence-electron chi connectivity index (χ3n) is 5.57. The van der Waals surface area contributed by atoms with Gasteiger partial charge in [-0.1, -0.05) is 55.0 Å². The molecule has 0 aliphatic carbocycles. The minimum absolute atomic E-state index is 0.416. The molecule has 0 saturated heterocycles. The molecule has 5 nitrogen and oxygen atoms in total. The van der Waals surface area contributed by atoms with Gasteiger partial charge >= 0.3 is 11.9 Å². The number of carbonyl (C=O) groups excluding carboxylic acids is 2. The SMILES string of the molecule is CCCOc1ccc(C2=c3cc4c(cc3OC2=O)=C(C=Cc2cccc(C)c2)C(=O)O4)cc1. The van der Waals surface area contributed by atoms with E-state index in [0.29, 0.717) is 39.7 Å². The molecule has 0 unspecified atom stereocenters. The van der Waals surface area contributed by atoms with Crippen LogP contribution in [0.15, 0.2) is 66.7 Å². The van der Waals surface area contributed by atoms with Crippen LogP contribution in [-0.2, 0) is 9.59 Å². The Morgan fingerprint density at radius 2 is 1.58 bits per heavy atom. The van der Waals surface area contributed by atoms with Crippen molar-refractivity contribution in [2.24, 2.45) is 0 Å². The Balaban J connectivity index is 1.57. The number of hydrogen-bond donors (Lipinski definition) is 0. The van der Waals surface area contributed by atoms with Crippen molar-refractivity contribution < 1.29 is 23.8 Å². The maximum Gasteiger partial charge on any atom is 0.344 e. The van der Waals surface area contributed by atoms with Crippen molar-refractivity contribution in [3.8, 4) is 17.2 Å². The average molecular weight is 438 g/mol. The van der Waals surface area contributed by atoms with Crippen LogP contribution in [0.3, 0.4) is 0 Å². The molecule has 0 fully saturated rings. The molecule has 2 aliphatic rings. The van der Waals surface area contributed by atoms with E-state index in [1.54, 1.807) is 18.2 Å². The predicted octanol–water partition coefficient (Wildman–Crippen LogP) is 3.68. The second kappa shape index (κ2) is 8.43. The standard InChI is InChI=1S/C28H22O5/c1-3-13-31-20-10-8-19(9-11-20)26-23-16-24-22(15-25(23)33-28(26)30)21(27(29)32-24)12-7-18-6-4-5-17(2)14-18/h4-12,14-16H,3,13H2,1-2H3. The predicted molar refractivity (Wildman–Crippen MR) is 125 cm³/mol. The van der Waals surface area contributed by atoms with Gasteiger partial charge in [-0.15, -0.1) is 0 Å². The number of carbonyl (C=O) groups is 2. The second-order valence-electron chi connectivity index (χ2n) is 8.03. The van der Waals surface area contributed by atoms with Crippen molar-refractivity contribution in [1.82, 2.24) is 0 Å². The summed E-state index contributed by atoms with van der Waals surface area (Å²) in [6.07, 6.45) is 4.53. The van der Waals surface area contributed by atoms with E-state index in [-0.39, 0.29) is 0 Å². The third-order valence-corrected chi connectivity index (χ3v) is 5.57. The van der Waals surface area contributed by atoms with Gasteiger partial charge in [-0.3, -0.25) is 0 Å². The van der Waals surface area contributed by atoms with Gasteiger partial charge in [0.2, 0.25) is 0 Å². The first-order valence-corrected chi connectivity index (χ1v) is 10.9. The van der Waals surface area contributed by atoms with E-state index in [9.17, 15) is 9.59 Å². The summed E-state index contributed by atoms with van der Waals surface area (Å²) < 4.78 is 16.7. The number of benzene rings is 3. The van der Waals surface area contributed by atoms with Crippen LogP contribution in [0.25, 0.3) is 17.2 Å². The lowest BCUT2D eigenvalue weighted by molar-refractivity contribution is -0.128. The molecule has 0 amide bonds. The van der Waals surface area contributed by atoms with Crippen LogP contribution in [0.1, 0.15) is 30.0 Å². The van der Waals surface area contributed by atoms with Crippen LogP contribution in [-0.4, -0.2) is 18.5 Å². The first-order chi connectivity index (χ1) is 16.0. The molecule has 0 N–H and O–H groups in total. The van der Waals surface area contributed by atoms with Crippen LogP contribution >= 0.6 is 0 Å². The highest BCUT2D eigenvalue weighted by Crippen LogP contribution is 2.26. The smallest absolute Gasteiger partial charge is 0.344 e. The highest BCUT2D eigenvalue weighted by atomic mass is 16.5. The summed E-state index contributed by atoms with van der Waals surface area (Å²) in [5, 5.41) is 1.22. The van der Waals surface area contributed by atoms with E-state index in [4.69, 9.17) is 14.2 Å². The van der Waals surface area contributed by atoms with Crippen molar-refractivity contribution >= 4 is 29.2 Å². The molecule has 0 bridgehead atoms. The molecule has 3 aromatic carbocycles. The number of rotatable bonds is 6. The number of esters is 2. The van der Waals surface area contributed by atoms with Crippen molar-refractivity contribution in [2.45, 2.75) is 20.3 Å². The summed E-state index contributed by atoms with van der Waals surface area (Å²) in [6.45, 7) is 4.69. The average Bonchev–Trinajstić information content (AvgIpc) is 3.29. The third kappa shape index (κ3) is 3.94. The van der Waals surface area contributed by atoms with E-state index < -0.39 is 11.9 Å². The summed E-state index contributed by atoms with van der Waals surface area (Å²) in [5.74, 6) is 0.721. The summed E-state index contributed by atoms with van der Waals surface area (Å²) in [4.78, 5) is 25.2. The minimum Gasteiger partial charge on any atom is -0.494 e. The monoisotopic (exact) mass is 438 g/mol. The summed E-state index contributed by atoms with van der Waals surface area (Å²) in [6, 6.07) is 18.7. The Morgan fingerprint density at radius 3 is 2.33 bits per heavy atom. The van der Waals surface area contributed by atoms with E-state index in [2.05, 4.69) is 0 Å². The molecule has 0 radical (unpaired) electrons. The maximum atomic E-state index is 12.7. The van der Waals surface area contributed by atoms with Gasteiger partial charge in [0.1, 0.15) is 17.2 Å². The minimum atomic E-state index is -0.431. The van der Waals surface area contributed by atoms with Crippen LogP contribution < -0.4 is 24.6 Å². The Labute approximate surface area is 191 Å². The zero-order valence-corrected chi connectivity index (χ0v) is 18.4. The highest BCUT2D eigenvalue weighted by molar-refractivity contribution is 6.20. The van der Waals surface area contributed by atoms with Crippen LogP contribution in [0, 0.1) is 6.92 Å². The quantitative estimate of drug-likeness (QED) is 0.434. The van der Waals surface area contributed by atoms with Gasteiger partial charge in [0.05, 0.1) is 17.8 Å². The largest absolute Gasteiger partial charge is 0.494 e.